The Morgan fingerprint density at radius 3 is 2.46 bits per heavy atom. The van der Waals surface area contributed by atoms with Crippen molar-refractivity contribution < 1.29 is 23.1 Å². The molecule has 1 fully saturated rings. The summed E-state index contributed by atoms with van der Waals surface area (Å²) in [5.41, 5.74) is 0. The molecule has 0 spiro atoms. The Hall–Kier alpha value is -0.570. The Labute approximate surface area is 155 Å². The van der Waals surface area contributed by atoms with Crippen LogP contribution in [-0.4, -0.2) is 49.6 Å². The molecule has 0 amide bonds. The average molecular weight is 417 g/mol. The molecular formula is C14H16Cl3NO5S. The molecule has 0 bridgehead atoms. The van der Waals surface area contributed by atoms with Crippen molar-refractivity contribution in [2.24, 2.45) is 0 Å². The molecule has 0 aliphatic carbocycles. The number of aliphatic carboxylic acids is 1. The van der Waals surface area contributed by atoms with Gasteiger partial charge in [-0.05, 0) is 25.0 Å². The lowest BCUT2D eigenvalue weighted by Crippen LogP contribution is -2.46. The van der Waals surface area contributed by atoms with Crippen molar-refractivity contribution in [3.63, 3.8) is 0 Å². The van der Waals surface area contributed by atoms with Crippen LogP contribution in [-0.2, 0) is 19.6 Å². The number of carbonyl (C=O) groups is 1. The van der Waals surface area contributed by atoms with E-state index < -0.39 is 28.6 Å². The fourth-order valence-electron chi connectivity index (χ4n) is 2.63. The van der Waals surface area contributed by atoms with Crippen molar-refractivity contribution >= 4 is 50.8 Å². The molecule has 2 rings (SSSR count). The van der Waals surface area contributed by atoms with Crippen LogP contribution >= 0.6 is 34.8 Å². The lowest BCUT2D eigenvalue weighted by molar-refractivity contribution is -0.142. The SMILES string of the molecule is O=C(O)COCC1CCCCN1S(=O)(=O)c1c(Cl)cc(Cl)cc1Cl. The zero-order chi connectivity index (χ0) is 17.9. The Balaban J connectivity index is 2.30. The Kier molecular flexibility index (Phi) is 6.75. The van der Waals surface area contributed by atoms with Crippen LogP contribution in [0.3, 0.4) is 0 Å². The van der Waals surface area contributed by atoms with Crippen molar-refractivity contribution in [3.8, 4) is 0 Å². The molecule has 1 aromatic carbocycles. The predicted molar refractivity (Wildman–Crippen MR) is 91.5 cm³/mol. The Bertz CT molecular complexity index is 702. The zero-order valence-corrected chi connectivity index (χ0v) is 15.6. The van der Waals surface area contributed by atoms with Gasteiger partial charge >= 0.3 is 5.97 Å². The summed E-state index contributed by atoms with van der Waals surface area (Å²) in [7, 11) is -3.96. The Morgan fingerprint density at radius 1 is 1.25 bits per heavy atom. The van der Waals surface area contributed by atoms with Crippen LogP contribution in [0.5, 0.6) is 0 Å². The molecule has 6 nitrogen and oxygen atoms in total. The smallest absolute Gasteiger partial charge is 0.329 e. The topological polar surface area (TPSA) is 83.9 Å². The molecule has 0 aromatic heterocycles. The summed E-state index contributed by atoms with van der Waals surface area (Å²) in [6.45, 7) is -0.195. The van der Waals surface area contributed by atoms with E-state index in [2.05, 4.69) is 0 Å². The first-order valence-electron chi connectivity index (χ1n) is 7.19. The third kappa shape index (κ3) is 4.53. The minimum Gasteiger partial charge on any atom is -0.480 e. The largest absolute Gasteiger partial charge is 0.480 e. The van der Waals surface area contributed by atoms with Crippen LogP contribution in [0, 0.1) is 0 Å². The van der Waals surface area contributed by atoms with E-state index in [0.29, 0.717) is 19.4 Å². The number of carboxylic acid groups (broad SMARTS) is 1. The highest BCUT2D eigenvalue weighted by molar-refractivity contribution is 7.89. The minimum absolute atomic E-state index is 0.00560. The van der Waals surface area contributed by atoms with E-state index in [9.17, 15) is 13.2 Å². The first-order chi connectivity index (χ1) is 11.2. The van der Waals surface area contributed by atoms with Crippen molar-refractivity contribution in [1.29, 1.82) is 0 Å². The van der Waals surface area contributed by atoms with Gasteiger partial charge in [0.1, 0.15) is 11.5 Å². The lowest BCUT2D eigenvalue weighted by atomic mass is 10.1. The molecule has 1 saturated heterocycles. The second kappa shape index (κ2) is 8.21. The van der Waals surface area contributed by atoms with Crippen LogP contribution in [0.1, 0.15) is 19.3 Å². The third-order valence-corrected chi connectivity index (χ3v) is 6.73. The summed E-state index contributed by atoms with van der Waals surface area (Å²) in [6, 6.07) is 2.18. The van der Waals surface area contributed by atoms with Crippen LogP contribution in [0.2, 0.25) is 15.1 Å². The molecule has 0 radical (unpaired) electrons. The summed E-state index contributed by atoms with van der Waals surface area (Å²) in [6.07, 6.45) is 2.09. The molecule has 1 aliphatic rings. The van der Waals surface area contributed by atoms with Gasteiger partial charge in [-0.2, -0.15) is 4.31 Å². The number of benzene rings is 1. The van der Waals surface area contributed by atoms with Crippen LogP contribution in [0.25, 0.3) is 0 Å². The molecule has 1 unspecified atom stereocenters. The maximum Gasteiger partial charge on any atom is 0.329 e. The minimum atomic E-state index is -3.96. The zero-order valence-electron chi connectivity index (χ0n) is 12.5. The third-order valence-electron chi connectivity index (χ3n) is 3.64. The van der Waals surface area contributed by atoms with E-state index in [1.54, 1.807) is 0 Å². The Morgan fingerprint density at radius 2 is 1.88 bits per heavy atom. The van der Waals surface area contributed by atoms with Gasteiger partial charge in [0.15, 0.2) is 0 Å². The molecule has 24 heavy (non-hydrogen) atoms. The second-order valence-corrected chi connectivity index (χ2v) is 8.45. The van der Waals surface area contributed by atoms with Crippen LogP contribution in [0.4, 0.5) is 0 Å². The molecule has 1 atom stereocenters. The summed E-state index contributed by atoms with van der Waals surface area (Å²) in [5.74, 6) is -1.11. The van der Waals surface area contributed by atoms with E-state index in [4.69, 9.17) is 44.6 Å². The van der Waals surface area contributed by atoms with Crippen molar-refractivity contribution in [3.05, 3.63) is 27.2 Å². The van der Waals surface area contributed by atoms with E-state index in [1.165, 1.54) is 16.4 Å². The van der Waals surface area contributed by atoms with Gasteiger partial charge in [0.05, 0.1) is 16.7 Å². The molecule has 1 aromatic rings. The first kappa shape index (κ1) is 19.8. The summed E-state index contributed by atoms with van der Waals surface area (Å²) >= 11 is 17.9. The summed E-state index contributed by atoms with van der Waals surface area (Å²) < 4.78 is 32.3. The quantitative estimate of drug-likeness (QED) is 0.769. The number of nitrogens with zero attached hydrogens (tertiary/aromatic N) is 1. The number of sulfonamides is 1. The van der Waals surface area contributed by atoms with Gasteiger partial charge in [-0.15, -0.1) is 0 Å². The van der Waals surface area contributed by atoms with E-state index in [1.807, 2.05) is 0 Å². The maximum atomic E-state index is 13.0. The number of halogens is 3. The standard InChI is InChI=1S/C14H16Cl3NO5S/c15-9-5-11(16)14(12(17)6-9)24(21,22)18-4-2-1-3-10(18)7-23-8-13(19)20/h5-6,10H,1-4,7-8H2,(H,19,20). The number of piperidine rings is 1. The summed E-state index contributed by atoms with van der Waals surface area (Å²) in [5, 5.41) is 8.78. The van der Waals surface area contributed by atoms with Crippen LogP contribution < -0.4 is 0 Å². The highest BCUT2D eigenvalue weighted by Crippen LogP contribution is 2.36. The number of hydrogen-bond acceptors (Lipinski definition) is 4. The monoisotopic (exact) mass is 415 g/mol. The molecule has 10 heteroatoms. The average Bonchev–Trinajstić information content (AvgIpc) is 2.45. The fourth-order valence-corrected chi connectivity index (χ4v) is 5.81. The number of carboxylic acids is 1. The first-order valence-corrected chi connectivity index (χ1v) is 9.77. The van der Waals surface area contributed by atoms with Gasteiger partial charge in [0, 0.05) is 17.6 Å². The molecule has 1 heterocycles. The number of ether oxygens (including phenoxy) is 1. The predicted octanol–water partition coefficient (Wildman–Crippen LogP) is 3.29. The highest BCUT2D eigenvalue weighted by atomic mass is 35.5. The van der Waals surface area contributed by atoms with Gasteiger partial charge < -0.3 is 9.84 Å². The van der Waals surface area contributed by atoms with Gasteiger partial charge in [0.2, 0.25) is 10.0 Å². The van der Waals surface area contributed by atoms with Crippen LogP contribution in [0.15, 0.2) is 17.0 Å². The normalized spacial score (nSPS) is 19.4. The van der Waals surface area contributed by atoms with Gasteiger partial charge in [0.25, 0.3) is 0 Å². The second-order valence-electron chi connectivity index (χ2n) is 5.37. The maximum absolute atomic E-state index is 13.0. The number of rotatable bonds is 6. The van der Waals surface area contributed by atoms with Crippen molar-refractivity contribution in [2.75, 3.05) is 19.8 Å². The highest BCUT2D eigenvalue weighted by Gasteiger charge is 2.36. The molecule has 1 N–H and O–H groups in total. The van der Waals surface area contributed by atoms with Gasteiger partial charge in [-0.1, -0.05) is 41.2 Å². The van der Waals surface area contributed by atoms with E-state index in [-0.39, 0.29) is 26.6 Å². The van der Waals surface area contributed by atoms with E-state index in [0.717, 1.165) is 6.42 Å². The molecule has 1 aliphatic heterocycles. The van der Waals surface area contributed by atoms with Crippen molar-refractivity contribution in [2.45, 2.75) is 30.2 Å². The fraction of sp³-hybridized carbons (Fsp3) is 0.500. The molecule has 0 saturated carbocycles. The van der Waals surface area contributed by atoms with E-state index >= 15 is 0 Å². The number of hydrogen-bond donors (Lipinski definition) is 1. The van der Waals surface area contributed by atoms with Gasteiger partial charge in [-0.3, -0.25) is 0 Å². The molecular weight excluding hydrogens is 401 g/mol. The lowest BCUT2D eigenvalue weighted by Gasteiger charge is -2.34. The molecule has 134 valence electrons. The van der Waals surface area contributed by atoms with Crippen molar-refractivity contribution in [1.82, 2.24) is 4.31 Å². The summed E-state index contributed by atoms with van der Waals surface area (Å²) in [4.78, 5) is 10.4. The van der Waals surface area contributed by atoms with Gasteiger partial charge in [-0.25, -0.2) is 13.2 Å².